The van der Waals surface area contributed by atoms with E-state index in [1.54, 1.807) is 13.3 Å². The van der Waals surface area contributed by atoms with E-state index < -0.39 is 0 Å². The number of hydrogen-bond acceptors (Lipinski definition) is 4. The first-order chi connectivity index (χ1) is 10.1. The first-order valence-corrected chi connectivity index (χ1v) is 7.34. The summed E-state index contributed by atoms with van der Waals surface area (Å²) in [6.45, 7) is 9.24. The summed E-state index contributed by atoms with van der Waals surface area (Å²) in [6.07, 6.45) is 5.55. The molecule has 0 aliphatic rings. The van der Waals surface area contributed by atoms with Crippen LogP contribution in [0.4, 0.5) is 0 Å². The van der Waals surface area contributed by atoms with Gasteiger partial charge >= 0.3 is 0 Å². The molecule has 21 heavy (non-hydrogen) atoms. The van der Waals surface area contributed by atoms with Crippen LogP contribution in [-0.2, 0) is 0 Å². The molecule has 0 amide bonds. The minimum atomic E-state index is 0.0160. The summed E-state index contributed by atoms with van der Waals surface area (Å²) in [5.74, 6) is 0.802. The van der Waals surface area contributed by atoms with Gasteiger partial charge in [0.2, 0.25) is 0 Å². The lowest BCUT2D eigenvalue weighted by Crippen LogP contribution is -2.26. The van der Waals surface area contributed by atoms with Crippen molar-refractivity contribution in [3.05, 3.63) is 41.5 Å². The molecule has 0 spiro atoms. The lowest BCUT2D eigenvalue weighted by atomic mass is 10.0. The van der Waals surface area contributed by atoms with Crippen LogP contribution in [0.5, 0.6) is 5.75 Å². The molecule has 1 unspecified atom stereocenters. The van der Waals surface area contributed by atoms with Gasteiger partial charge in [0.25, 0.3) is 0 Å². The van der Waals surface area contributed by atoms with Gasteiger partial charge < -0.3 is 10.1 Å². The Morgan fingerprint density at radius 3 is 2.62 bits per heavy atom. The maximum atomic E-state index is 5.51. The van der Waals surface area contributed by atoms with Crippen molar-refractivity contribution in [3.8, 4) is 5.75 Å². The van der Waals surface area contributed by atoms with E-state index in [1.165, 1.54) is 0 Å². The molecule has 2 aromatic rings. The summed E-state index contributed by atoms with van der Waals surface area (Å²) in [7, 11) is 1.68. The van der Waals surface area contributed by atoms with Gasteiger partial charge in [0.1, 0.15) is 5.69 Å². The third-order valence-corrected chi connectivity index (χ3v) is 3.42. The van der Waals surface area contributed by atoms with Gasteiger partial charge in [-0.1, -0.05) is 13.0 Å². The van der Waals surface area contributed by atoms with E-state index in [4.69, 9.17) is 4.74 Å². The lowest BCUT2D eigenvalue weighted by Gasteiger charge is -2.22. The van der Waals surface area contributed by atoms with Crippen LogP contribution in [0.25, 0.3) is 0 Å². The smallest absolute Gasteiger partial charge is 0.161 e. The largest absolute Gasteiger partial charge is 0.493 e. The number of nitrogens with one attached hydrogen (secondary N) is 1. The molecule has 0 aliphatic heterocycles. The minimum Gasteiger partial charge on any atom is -0.493 e. The lowest BCUT2D eigenvalue weighted by molar-refractivity contribution is 0.394. The molecule has 2 rings (SSSR count). The van der Waals surface area contributed by atoms with Crippen molar-refractivity contribution in [2.45, 2.75) is 39.8 Å². The van der Waals surface area contributed by atoms with E-state index in [2.05, 4.69) is 49.2 Å². The van der Waals surface area contributed by atoms with E-state index in [0.717, 1.165) is 29.1 Å². The Kier molecular flexibility index (Phi) is 4.96. The van der Waals surface area contributed by atoms with Crippen molar-refractivity contribution < 1.29 is 4.74 Å². The molecule has 1 atom stereocenters. The zero-order valence-corrected chi connectivity index (χ0v) is 13.4. The first kappa shape index (κ1) is 15.5. The van der Waals surface area contributed by atoms with Crippen LogP contribution in [0.2, 0.25) is 0 Å². The molecule has 0 saturated carbocycles. The standard InChI is InChI=1S/C16H24N4O/c1-6-18-15(13-7-12(4)8-17-9-13)16-14(21-5)10-19-20(16)11(2)3/h7-11,15,18H,6H2,1-5H3. The Labute approximate surface area is 126 Å². The maximum Gasteiger partial charge on any atom is 0.161 e. The predicted molar refractivity (Wildman–Crippen MR) is 83.7 cm³/mol. The summed E-state index contributed by atoms with van der Waals surface area (Å²) < 4.78 is 7.52. The van der Waals surface area contributed by atoms with Crippen LogP contribution in [-0.4, -0.2) is 28.4 Å². The van der Waals surface area contributed by atoms with Crippen LogP contribution in [0, 0.1) is 6.92 Å². The summed E-state index contributed by atoms with van der Waals surface area (Å²) in [5.41, 5.74) is 3.31. The van der Waals surface area contributed by atoms with Crippen LogP contribution in [0.3, 0.4) is 0 Å². The summed E-state index contributed by atoms with van der Waals surface area (Å²) in [4.78, 5) is 4.32. The number of pyridine rings is 1. The summed E-state index contributed by atoms with van der Waals surface area (Å²) in [6, 6.07) is 2.43. The Morgan fingerprint density at radius 2 is 2.05 bits per heavy atom. The molecular weight excluding hydrogens is 264 g/mol. The molecule has 0 saturated heterocycles. The normalized spacial score (nSPS) is 12.7. The number of rotatable bonds is 6. The molecule has 1 N–H and O–H groups in total. The number of nitrogens with zero attached hydrogens (tertiary/aromatic N) is 3. The predicted octanol–water partition coefficient (Wildman–Crippen LogP) is 2.87. The Hall–Kier alpha value is -1.88. The molecule has 0 bridgehead atoms. The van der Waals surface area contributed by atoms with E-state index in [1.807, 2.05) is 17.1 Å². The van der Waals surface area contributed by atoms with E-state index >= 15 is 0 Å². The third kappa shape index (κ3) is 3.24. The maximum absolute atomic E-state index is 5.51. The molecule has 0 radical (unpaired) electrons. The topological polar surface area (TPSA) is 52.0 Å². The van der Waals surface area contributed by atoms with E-state index in [-0.39, 0.29) is 12.1 Å². The molecule has 2 heterocycles. The van der Waals surface area contributed by atoms with Gasteiger partial charge in [0, 0.05) is 18.4 Å². The van der Waals surface area contributed by atoms with Gasteiger partial charge in [-0.2, -0.15) is 5.10 Å². The van der Waals surface area contributed by atoms with Crippen LogP contribution in [0.1, 0.15) is 49.7 Å². The minimum absolute atomic E-state index is 0.0160. The highest BCUT2D eigenvalue weighted by molar-refractivity contribution is 5.36. The van der Waals surface area contributed by atoms with Crippen LogP contribution < -0.4 is 10.1 Å². The SMILES string of the molecule is CCNC(c1cncc(C)c1)c1c(OC)cnn1C(C)C. The average Bonchev–Trinajstić information content (AvgIpc) is 2.88. The number of aromatic nitrogens is 3. The van der Waals surface area contributed by atoms with Crippen molar-refractivity contribution in [2.24, 2.45) is 0 Å². The second kappa shape index (κ2) is 6.72. The molecule has 5 heteroatoms. The summed E-state index contributed by atoms with van der Waals surface area (Å²) in [5, 5.41) is 7.99. The fourth-order valence-corrected chi connectivity index (χ4v) is 2.51. The quantitative estimate of drug-likeness (QED) is 0.888. The second-order valence-electron chi connectivity index (χ2n) is 5.42. The monoisotopic (exact) mass is 288 g/mol. The highest BCUT2D eigenvalue weighted by Gasteiger charge is 2.24. The molecule has 5 nitrogen and oxygen atoms in total. The zero-order chi connectivity index (χ0) is 15.4. The zero-order valence-electron chi connectivity index (χ0n) is 13.4. The number of methoxy groups -OCH3 is 1. The van der Waals surface area contributed by atoms with Crippen LogP contribution in [0.15, 0.2) is 24.7 Å². The average molecular weight is 288 g/mol. The van der Waals surface area contributed by atoms with Gasteiger partial charge in [-0.25, -0.2) is 0 Å². The van der Waals surface area contributed by atoms with E-state index in [0.29, 0.717) is 0 Å². The van der Waals surface area contributed by atoms with E-state index in [9.17, 15) is 0 Å². The molecule has 0 aliphatic carbocycles. The number of aryl methyl sites for hydroxylation is 1. The highest BCUT2D eigenvalue weighted by atomic mass is 16.5. The Bertz CT molecular complexity index is 592. The first-order valence-electron chi connectivity index (χ1n) is 7.34. The van der Waals surface area contributed by atoms with Crippen molar-refractivity contribution in [1.29, 1.82) is 0 Å². The summed E-state index contributed by atoms with van der Waals surface area (Å²) >= 11 is 0. The molecule has 114 valence electrons. The Morgan fingerprint density at radius 1 is 1.29 bits per heavy atom. The molecular formula is C16H24N4O. The molecule has 2 aromatic heterocycles. The van der Waals surface area contributed by atoms with Crippen molar-refractivity contribution >= 4 is 0 Å². The number of hydrogen-bond donors (Lipinski definition) is 1. The third-order valence-electron chi connectivity index (χ3n) is 3.42. The fraction of sp³-hybridized carbons (Fsp3) is 0.500. The van der Waals surface area contributed by atoms with Crippen molar-refractivity contribution in [3.63, 3.8) is 0 Å². The van der Waals surface area contributed by atoms with Crippen LogP contribution >= 0.6 is 0 Å². The van der Waals surface area contributed by atoms with Gasteiger partial charge in [0.15, 0.2) is 5.75 Å². The van der Waals surface area contributed by atoms with Crippen molar-refractivity contribution in [2.75, 3.05) is 13.7 Å². The van der Waals surface area contributed by atoms with Gasteiger partial charge in [-0.15, -0.1) is 0 Å². The van der Waals surface area contributed by atoms with Gasteiger partial charge in [-0.3, -0.25) is 9.67 Å². The molecule has 0 aromatic carbocycles. The number of ether oxygens (including phenoxy) is 1. The Balaban J connectivity index is 2.54. The second-order valence-corrected chi connectivity index (χ2v) is 5.42. The van der Waals surface area contributed by atoms with Gasteiger partial charge in [0.05, 0.1) is 19.3 Å². The van der Waals surface area contributed by atoms with Gasteiger partial charge in [-0.05, 0) is 38.4 Å². The molecule has 0 fully saturated rings. The fourth-order valence-electron chi connectivity index (χ4n) is 2.51. The highest BCUT2D eigenvalue weighted by Crippen LogP contribution is 2.31. The van der Waals surface area contributed by atoms with Crippen molar-refractivity contribution in [1.82, 2.24) is 20.1 Å².